The number of ether oxygens (including phenoxy) is 1. The molecule has 2 atom stereocenters. The molecule has 4 rings (SSSR count). The van der Waals surface area contributed by atoms with Crippen molar-refractivity contribution >= 4 is 11.9 Å². The quantitative estimate of drug-likeness (QED) is 0.265. The number of carbonyl (C=O) groups excluding carboxylic acids is 2. The zero-order valence-electron chi connectivity index (χ0n) is 16.9. The van der Waals surface area contributed by atoms with Gasteiger partial charge in [-0.2, -0.15) is 0 Å². The molecular formula is C23H20F5NO3. The molecule has 4 nitrogen and oxygen atoms in total. The first-order chi connectivity index (χ1) is 15.3. The van der Waals surface area contributed by atoms with Crippen LogP contribution in [0.1, 0.15) is 48.0 Å². The van der Waals surface area contributed by atoms with E-state index in [1.165, 1.54) is 0 Å². The van der Waals surface area contributed by atoms with E-state index in [1.807, 2.05) is 30.3 Å². The first-order valence-electron chi connectivity index (χ1n) is 10.3. The maximum Gasteiger partial charge on any atom is 0.410 e. The highest BCUT2D eigenvalue weighted by molar-refractivity contribution is 5.98. The fraction of sp³-hybridized carbons (Fsp3) is 0.391. The summed E-state index contributed by atoms with van der Waals surface area (Å²) in [6.07, 6.45) is 1.48. The maximum atomic E-state index is 14.1. The third-order valence-corrected chi connectivity index (χ3v) is 6.22. The van der Waals surface area contributed by atoms with Crippen LogP contribution >= 0.6 is 0 Å². The van der Waals surface area contributed by atoms with Gasteiger partial charge in [-0.15, -0.1) is 0 Å². The summed E-state index contributed by atoms with van der Waals surface area (Å²) in [4.78, 5) is 27.1. The highest BCUT2D eigenvalue weighted by Gasteiger charge is 2.45. The first-order valence-corrected chi connectivity index (χ1v) is 10.3. The van der Waals surface area contributed by atoms with Gasteiger partial charge in [0.1, 0.15) is 6.61 Å². The molecule has 2 unspecified atom stereocenters. The highest BCUT2D eigenvalue weighted by atomic mass is 19.2. The third-order valence-electron chi connectivity index (χ3n) is 6.22. The van der Waals surface area contributed by atoms with Crippen LogP contribution in [0.4, 0.5) is 26.7 Å². The fourth-order valence-corrected chi connectivity index (χ4v) is 4.71. The molecule has 2 heterocycles. The fourth-order valence-electron chi connectivity index (χ4n) is 4.71. The number of carbonyl (C=O) groups is 2. The van der Waals surface area contributed by atoms with Crippen molar-refractivity contribution < 1.29 is 36.3 Å². The van der Waals surface area contributed by atoms with Gasteiger partial charge >= 0.3 is 6.09 Å². The second kappa shape index (κ2) is 8.88. The number of amides is 1. The predicted molar refractivity (Wildman–Crippen MR) is 103 cm³/mol. The summed E-state index contributed by atoms with van der Waals surface area (Å²) < 4.78 is 74.2. The Morgan fingerprint density at radius 3 is 1.94 bits per heavy atom. The van der Waals surface area contributed by atoms with Gasteiger partial charge in [0.05, 0.1) is 5.56 Å². The average Bonchev–Trinajstić information content (AvgIpc) is 2.79. The van der Waals surface area contributed by atoms with E-state index in [-0.39, 0.29) is 19.4 Å². The Bertz CT molecular complexity index is 1000. The lowest BCUT2D eigenvalue weighted by Gasteiger charge is -2.47. The van der Waals surface area contributed by atoms with E-state index in [2.05, 4.69) is 0 Å². The minimum Gasteiger partial charge on any atom is -0.445 e. The van der Waals surface area contributed by atoms with Gasteiger partial charge in [0, 0.05) is 18.0 Å². The standard InChI is InChI=1S/C23H20F5NO3/c24-17-16(18(25)20(27)21(28)19(17)26)22(30)13-9-14-7-4-8-15(10-13)29(14)23(31)32-11-12-5-2-1-3-6-12/h1-3,5-6,13-15H,4,7-11H2. The normalized spacial score (nSPS) is 22.5. The van der Waals surface area contributed by atoms with Crippen LogP contribution in [-0.4, -0.2) is 28.9 Å². The van der Waals surface area contributed by atoms with Gasteiger partial charge in [0.15, 0.2) is 29.1 Å². The van der Waals surface area contributed by atoms with E-state index < -0.39 is 64.5 Å². The second-order valence-electron chi connectivity index (χ2n) is 8.16. The van der Waals surface area contributed by atoms with E-state index in [4.69, 9.17) is 4.74 Å². The van der Waals surface area contributed by atoms with Crippen LogP contribution < -0.4 is 0 Å². The molecule has 2 aliphatic rings. The summed E-state index contributed by atoms with van der Waals surface area (Å²) in [7, 11) is 0. The molecule has 0 aromatic heterocycles. The van der Waals surface area contributed by atoms with Crippen molar-refractivity contribution in [2.45, 2.75) is 50.8 Å². The number of halogens is 5. The molecule has 32 heavy (non-hydrogen) atoms. The monoisotopic (exact) mass is 453 g/mol. The zero-order valence-corrected chi connectivity index (χ0v) is 16.9. The van der Waals surface area contributed by atoms with Gasteiger partial charge in [-0.25, -0.2) is 26.7 Å². The number of hydrogen-bond donors (Lipinski definition) is 0. The summed E-state index contributed by atoms with van der Waals surface area (Å²) in [5.74, 6) is -12.9. The maximum absolute atomic E-state index is 14.1. The SMILES string of the molecule is O=C(c1c(F)c(F)c(F)c(F)c1F)C1CC2CCCC(C1)N2C(=O)OCc1ccccc1. The molecule has 2 aromatic carbocycles. The van der Waals surface area contributed by atoms with Gasteiger partial charge in [-0.05, 0) is 37.7 Å². The van der Waals surface area contributed by atoms with Crippen molar-refractivity contribution in [3.05, 3.63) is 70.5 Å². The van der Waals surface area contributed by atoms with Crippen LogP contribution in [0.5, 0.6) is 0 Å². The van der Waals surface area contributed by atoms with Crippen LogP contribution in [0.3, 0.4) is 0 Å². The lowest BCUT2D eigenvalue weighted by Crippen LogP contribution is -2.55. The number of piperidine rings is 2. The lowest BCUT2D eigenvalue weighted by atomic mass is 9.75. The Morgan fingerprint density at radius 1 is 0.844 bits per heavy atom. The Morgan fingerprint density at radius 2 is 1.38 bits per heavy atom. The smallest absolute Gasteiger partial charge is 0.410 e. The molecule has 2 fully saturated rings. The van der Waals surface area contributed by atoms with E-state index in [1.54, 1.807) is 4.90 Å². The minimum atomic E-state index is -2.30. The Hall–Kier alpha value is -2.97. The zero-order chi connectivity index (χ0) is 23.0. The lowest BCUT2D eigenvalue weighted by molar-refractivity contribution is 0.00451. The van der Waals surface area contributed by atoms with Crippen molar-refractivity contribution in [1.29, 1.82) is 0 Å². The van der Waals surface area contributed by atoms with Gasteiger partial charge in [-0.1, -0.05) is 30.3 Å². The molecule has 0 N–H and O–H groups in total. The van der Waals surface area contributed by atoms with Gasteiger partial charge in [-0.3, -0.25) is 4.79 Å². The average molecular weight is 453 g/mol. The number of hydrogen-bond acceptors (Lipinski definition) is 3. The van der Waals surface area contributed by atoms with Crippen LogP contribution in [0.25, 0.3) is 0 Å². The molecule has 9 heteroatoms. The number of ketones is 1. The summed E-state index contributed by atoms with van der Waals surface area (Å²) in [5, 5.41) is 0. The summed E-state index contributed by atoms with van der Waals surface area (Å²) in [6.45, 7) is 0.0720. The van der Waals surface area contributed by atoms with E-state index in [0.717, 1.165) is 12.0 Å². The summed E-state index contributed by atoms with van der Waals surface area (Å²) >= 11 is 0. The Balaban J connectivity index is 1.51. The molecule has 1 amide bonds. The van der Waals surface area contributed by atoms with Crippen LogP contribution in [-0.2, 0) is 11.3 Å². The van der Waals surface area contributed by atoms with Crippen LogP contribution in [0.15, 0.2) is 30.3 Å². The third kappa shape index (κ3) is 3.96. The number of nitrogens with zero attached hydrogens (tertiary/aromatic N) is 1. The molecule has 2 aliphatic heterocycles. The predicted octanol–water partition coefficient (Wildman–Crippen LogP) is 5.53. The highest BCUT2D eigenvalue weighted by Crippen LogP contribution is 2.39. The topological polar surface area (TPSA) is 46.6 Å². The van der Waals surface area contributed by atoms with E-state index in [9.17, 15) is 31.5 Å². The van der Waals surface area contributed by atoms with Crippen LogP contribution in [0.2, 0.25) is 0 Å². The number of fused-ring (bicyclic) bond motifs is 2. The molecule has 0 aliphatic carbocycles. The van der Waals surface area contributed by atoms with Gasteiger partial charge in [0.25, 0.3) is 0 Å². The Labute approximate surface area is 181 Å². The molecule has 2 bridgehead atoms. The summed E-state index contributed by atoms with van der Waals surface area (Å²) in [6, 6.07) is 8.25. The number of Topliss-reactive ketones (excluding diaryl/α,β-unsaturated/α-hetero) is 1. The van der Waals surface area contributed by atoms with Crippen molar-refractivity contribution in [3.63, 3.8) is 0 Å². The molecule has 2 aromatic rings. The van der Waals surface area contributed by atoms with Crippen molar-refractivity contribution in [3.8, 4) is 0 Å². The molecule has 170 valence electrons. The molecule has 0 saturated carbocycles. The van der Waals surface area contributed by atoms with Crippen LogP contribution in [0, 0.1) is 35.0 Å². The van der Waals surface area contributed by atoms with Gasteiger partial charge in [0.2, 0.25) is 5.82 Å². The van der Waals surface area contributed by atoms with Crippen molar-refractivity contribution in [2.75, 3.05) is 0 Å². The molecule has 0 radical (unpaired) electrons. The number of rotatable bonds is 4. The van der Waals surface area contributed by atoms with Crippen molar-refractivity contribution in [2.24, 2.45) is 5.92 Å². The molecule has 0 spiro atoms. The molecular weight excluding hydrogens is 433 g/mol. The number of benzene rings is 2. The van der Waals surface area contributed by atoms with Crippen molar-refractivity contribution in [1.82, 2.24) is 4.90 Å². The van der Waals surface area contributed by atoms with Gasteiger partial charge < -0.3 is 9.64 Å². The molecule has 2 saturated heterocycles. The van der Waals surface area contributed by atoms with E-state index >= 15 is 0 Å². The minimum absolute atomic E-state index is 0.0647. The first kappa shape index (κ1) is 22.2. The summed E-state index contributed by atoms with van der Waals surface area (Å²) in [5.41, 5.74) is -0.605. The second-order valence-corrected chi connectivity index (χ2v) is 8.16. The van der Waals surface area contributed by atoms with E-state index in [0.29, 0.717) is 12.8 Å². The Kier molecular flexibility index (Phi) is 6.17. The largest absolute Gasteiger partial charge is 0.445 e.